The first-order valence-electron chi connectivity index (χ1n) is 5.38. The molecule has 0 atom stereocenters. The molecule has 0 aromatic carbocycles. The zero-order valence-electron chi connectivity index (χ0n) is 10.6. The Hall–Kier alpha value is -0.770. The molecule has 0 saturated carbocycles. The van der Waals surface area contributed by atoms with E-state index < -0.39 is 0 Å². The average Bonchev–Trinajstić information content (AvgIpc) is 2.46. The quantitative estimate of drug-likeness (QED) is 0.826. The average molecular weight is 246 g/mol. The first-order valence-corrected chi connectivity index (χ1v) is 5.92. The van der Waals surface area contributed by atoms with Gasteiger partial charge in [0, 0.05) is 5.54 Å². The second-order valence-electron chi connectivity index (χ2n) is 5.88. The van der Waals surface area contributed by atoms with Gasteiger partial charge in [0.05, 0.1) is 0 Å². The zero-order valence-corrected chi connectivity index (χ0v) is 11.4. The molecule has 0 saturated heterocycles. The van der Waals surface area contributed by atoms with E-state index in [0.29, 0.717) is 11.9 Å². The lowest BCUT2D eigenvalue weighted by molar-refractivity contribution is 0.298. The Balaban J connectivity index is 2.65. The van der Waals surface area contributed by atoms with Gasteiger partial charge < -0.3 is 9.73 Å². The van der Waals surface area contributed by atoms with E-state index >= 15 is 0 Å². The molecule has 1 aromatic heterocycles. The van der Waals surface area contributed by atoms with Crippen molar-refractivity contribution in [1.82, 2.24) is 10.2 Å². The minimum absolute atomic E-state index is 0.0889. The maximum atomic E-state index is 5.59. The number of alkyl halides is 1. The van der Waals surface area contributed by atoms with Gasteiger partial charge in [0.1, 0.15) is 5.88 Å². The smallest absolute Gasteiger partial charge is 0.315 e. The Morgan fingerprint density at radius 3 is 2.25 bits per heavy atom. The topological polar surface area (TPSA) is 51.0 Å². The fourth-order valence-corrected chi connectivity index (χ4v) is 2.13. The summed E-state index contributed by atoms with van der Waals surface area (Å²) < 4.78 is 5.32. The van der Waals surface area contributed by atoms with Crippen molar-refractivity contribution < 1.29 is 4.42 Å². The summed E-state index contributed by atoms with van der Waals surface area (Å²) in [4.78, 5) is 0. The van der Waals surface area contributed by atoms with Gasteiger partial charge in [-0.25, -0.2) is 0 Å². The Kier molecular flexibility index (Phi) is 3.84. The summed E-state index contributed by atoms with van der Waals surface area (Å²) in [5, 5.41) is 10.9. The molecular formula is C11H20ClN3O. The van der Waals surface area contributed by atoms with E-state index in [4.69, 9.17) is 16.0 Å². The Bertz CT molecular complexity index is 341. The molecule has 4 nitrogen and oxygen atoms in total. The molecule has 1 N–H and O–H groups in total. The molecular weight excluding hydrogens is 226 g/mol. The molecule has 0 aliphatic carbocycles. The third kappa shape index (κ3) is 4.39. The van der Waals surface area contributed by atoms with Gasteiger partial charge >= 0.3 is 6.01 Å². The molecule has 5 heteroatoms. The minimum atomic E-state index is -0.0889. The van der Waals surface area contributed by atoms with Crippen LogP contribution in [0.2, 0.25) is 0 Å². The maximum absolute atomic E-state index is 5.59. The second kappa shape index (κ2) is 4.62. The molecule has 0 aliphatic heterocycles. The summed E-state index contributed by atoms with van der Waals surface area (Å²) in [6.45, 7) is 10.8. The molecule has 1 rings (SSSR count). The third-order valence-corrected chi connectivity index (χ3v) is 2.23. The Morgan fingerprint density at radius 1 is 1.19 bits per heavy atom. The van der Waals surface area contributed by atoms with E-state index in [0.717, 1.165) is 6.42 Å². The van der Waals surface area contributed by atoms with Gasteiger partial charge in [-0.3, -0.25) is 0 Å². The molecule has 0 bridgehead atoms. The molecule has 0 radical (unpaired) electrons. The van der Waals surface area contributed by atoms with Gasteiger partial charge in [-0.2, -0.15) is 0 Å². The predicted molar refractivity (Wildman–Crippen MR) is 65.6 cm³/mol. The van der Waals surface area contributed by atoms with Crippen molar-refractivity contribution in [2.45, 2.75) is 52.5 Å². The summed E-state index contributed by atoms with van der Waals surface area (Å²) in [6.07, 6.45) is 0.999. The third-order valence-electron chi connectivity index (χ3n) is 2.00. The predicted octanol–water partition coefficient (Wildman–Crippen LogP) is 3.44. The van der Waals surface area contributed by atoms with Crippen molar-refractivity contribution in [3.05, 3.63) is 5.89 Å². The number of nitrogens with one attached hydrogen (secondary N) is 1. The zero-order chi connectivity index (χ0) is 12.4. The van der Waals surface area contributed by atoms with Crippen molar-refractivity contribution in [3.8, 4) is 0 Å². The number of hydrogen-bond donors (Lipinski definition) is 1. The van der Waals surface area contributed by atoms with Gasteiger partial charge in [-0.1, -0.05) is 25.9 Å². The summed E-state index contributed by atoms with van der Waals surface area (Å²) in [5.41, 5.74) is 0.153. The van der Waals surface area contributed by atoms with Gasteiger partial charge in [0.25, 0.3) is 0 Å². The van der Waals surface area contributed by atoms with Crippen LogP contribution in [0.1, 0.15) is 46.9 Å². The monoisotopic (exact) mass is 245 g/mol. The van der Waals surface area contributed by atoms with Gasteiger partial charge in [-0.05, 0) is 25.7 Å². The van der Waals surface area contributed by atoms with Crippen molar-refractivity contribution in [2.24, 2.45) is 5.41 Å². The van der Waals surface area contributed by atoms with Crippen LogP contribution in [0.5, 0.6) is 0 Å². The first-order chi connectivity index (χ1) is 7.22. The Morgan fingerprint density at radius 2 is 1.81 bits per heavy atom. The van der Waals surface area contributed by atoms with Crippen LogP contribution in [0.4, 0.5) is 6.01 Å². The Labute approximate surface area is 102 Å². The van der Waals surface area contributed by atoms with Crippen LogP contribution in [0.25, 0.3) is 0 Å². The van der Waals surface area contributed by atoms with E-state index in [1.54, 1.807) is 0 Å². The van der Waals surface area contributed by atoms with Crippen LogP contribution in [0, 0.1) is 5.41 Å². The van der Waals surface area contributed by atoms with E-state index in [9.17, 15) is 0 Å². The van der Waals surface area contributed by atoms with Crippen LogP contribution in [-0.2, 0) is 5.88 Å². The molecule has 1 aromatic rings. The lowest BCUT2D eigenvalue weighted by atomic mass is 9.82. The molecule has 0 unspecified atom stereocenters. The van der Waals surface area contributed by atoms with Crippen LogP contribution in [-0.4, -0.2) is 15.7 Å². The summed E-state index contributed by atoms with van der Waals surface area (Å²) in [7, 11) is 0. The molecule has 1 heterocycles. The molecule has 16 heavy (non-hydrogen) atoms. The molecule has 0 aliphatic rings. The normalized spacial score (nSPS) is 12.9. The minimum Gasteiger partial charge on any atom is -0.407 e. The van der Waals surface area contributed by atoms with Gasteiger partial charge in [0.15, 0.2) is 0 Å². The lowest BCUT2D eigenvalue weighted by Crippen LogP contribution is -2.35. The highest BCUT2D eigenvalue weighted by molar-refractivity contribution is 6.16. The van der Waals surface area contributed by atoms with Crippen molar-refractivity contribution in [3.63, 3.8) is 0 Å². The largest absolute Gasteiger partial charge is 0.407 e. The van der Waals surface area contributed by atoms with E-state index in [-0.39, 0.29) is 16.8 Å². The number of nitrogens with zero attached hydrogens (tertiary/aromatic N) is 2. The SMILES string of the molecule is CC(C)(C)CC(C)(C)Nc1nnc(CCl)o1. The van der Waals surface area contributed by atoms with E-state index in [1.807, 2.05) is 0 Å². The highest BCUT2D eigenvalue weighted by Crippen LogP contribution is 2.29. The van der Waals surface area contributed by atoms with Crippen LogP contribution < -0.4 is 5.32 Å². The lowest BCUT2D eigenvalue weighted by Gasteiger charge is -2.32. The van der Waals surface area contributed by atoms with E-state index in [2.05, 4.69) is 50.1 Å². The van der Waals surface area contributed by atoms with Crippen LogP contribution in [0.15, 0.2) is 4.42 Å². The summed E-state index contributed by atoms with van der Waals surface area (Å²) in [6, 6.07) is 0.435. The number of rotatable bonds is 4. The number of halogens is 1. The number of hydrogen-bond acceptors (Lipinski definition) is 4. The standard InChI is InChI=1S/C11H20ClN3O/c1-10(2,3)7-11(4,5)13-9-15-14-8(6-12)16-9/h6-7H2,1-5H3,(H,13,15). The summed E-state index contributed by atoms with van der Waals surface area (Å²) in [5.74, 6) is 0.685. The molecule has 0 amide bonds. The highest BCUT2D eigenvalue weighted by Gasteiger charge is 2.26. The number of aromatic nitrogens is 2. The van der Waals surface area contributed by atoms with Crippen molar-refractivity contribution >= 4 is 17.6 Å². The second-order valence-corrected chi connectivity index (χ2v) is 6.15. The van der Waals surface area contributed by atoms with E-state index in [1.165, 1.54) is 0 Å². The number of anilines is 1. The molecule has 92 valence electrons. The maximum Gasteiger partial charge on any atom is 0.315 e. The van der Waals surface area contributed by atoms with Crippen molar-refractivity contribution in [1.29, 1.82) is 0 Å². The van der Waals surface area contributed by atoms with Gasteiger partial charge in [-0.15, -0.1) is 16.7 Å². The van der Waals surface area contributed by atoms with Crippen molar-refractivity contribution in [2.75, 3.05) is 5.32 Å². The molecule has 0 spiro atoms. The van der Waals surface area contributed by atoms with Crippen LogP contribution in [0.3, 0.4) is 0 Å². The van der Waals surface area contributed by atoms with Crippen LogP contribution >= 0.6 is 11.6 Å². The fraction of sp³-hybridized carbons (Fsp3) is 0.818. The molecule has 0 fully saturated rings. The first kappa shape index (κ1) is 13.3. The summed E-state index contributed by atoms with van der Waals surface area (Å²) >= 11 is 5.59. The fourth-order valence-electron chi connectivity index (χ4n) is 2.02. The van der Waals surface area contributed by atoms with Gasteiger partial charge in [0.2, 0.25) is 5.89 Å². The highest BCUT2D eigenvalue weighted by atomic mass is 35.5.